The number of hydrogen-bond donors (Lipinski definition) is 0. The van der Waals surface area contributed by atoms with Gasteiger partial charge in [-0.2, -0.15) is 0 Å². The quantitative estimate of drug-likeness (QED) is 0.391. The minimum absolute atomic E-state index is 0. The van der Waals surface area contributed by atoms with E-state index >= 15 is 0 Å². The van der Waals surface area contributed by atoms with E-state index in [1.165, 1.54) is 0 Å². The lowest BCUT2D eigenvalue weighted by Gasteiger charge is -2.41. The third-order valence-electron chi connectivity index (χ3n) is 7.49. The van der Waals surface area contributed by atoms with Crippen LogP contribution in [-0.2, 0) is 20.7 Å². The van der Waals surface area contributed by atoms with Crippen LogP contribution in [0.2, 0.25) is 10.0 Å². The summed E-state index contributed by atoms with van der Waals surface area (Å²) in [6.45, 7) is 6.38. The Hall–Kier alpha value is -2.35. The lowest BCUT2D eigenvalue weighted by atomic mass is 9.88. The number of amides is 2. The van der Waals surface area contributed by atoms with Gasteiger partial charge < -0.3 is 14.5 Å². The average molecular weight is 577 g/mol. The molecule has 0 radical (unpaired) electrons. The maximum absolute atomic E-state index is 14.5. The van der Waals surface area contributed by atoms with Crippen molar-refractivity contribution in [1.82, 2.24) is 9.80 Å². The fraction of sp³-hybridized carbons (Fsp3) is 0.379. The summed E-state index contributed by atoms with van der Waals surface area (Å²) >= 11 is 12.5. The average Bonchev–Trinajstić information content (AvgIpc) is 2.99. The summed E-state index contributed by atoms with van der Waals surface area (Å²) in [6, 6.07) is 19.4. The maximum atomic E-state index is 14.5. The summed E-state index contributed by atoms with van der Waals surface area (Å²) in [4.78, 5) is 34.0. The van der Waals surface area contributed by atoms with Crippen LogP contribution in [0.4, 0.5) is 5.69 Å². The molecule has 3 aromatic rings. The Morgan fingerprint density at radius 3 is 2.39 bits per heavy atom. The van der Waals surface area contributed by atoms with Gasteiger partial charge >= 0.3 is 0 Å². The molecule has 2 fully saturated rings. The van der Waals surface area contributed by atoms with Crippen molar-refractivity contribution in [3.8, 4) is 0 Å². The van der Waals surface area contributed by atoms with Gasteiger partial charge in [0.1, 0.15) is 5.54 Å². The van der Waals surface area contributed by atoms with E-state index in [9.17, 15) is 9.59 Å². The standard InChI is InChI=1S/C29H31Cl2N3O3.ClH/c1-29(20-21-9-10-24(30)25(31)19-21)28(36)33(26-8-4-6-22-5-2-3-7-23(22)26)12-11-27(35)34(29)14-13-32-15-17-37-18-16-32;/h2-10,19H,11-18,20H2,1H3;1H. The van der Waals surface area contributed by atoms with Crippen LogP contribution in [0.1, 0.15) is 18.9 Å². The first-order valence-corrected chi connectivity index (χ1v) is 13.5. The van der Waals surface area contributed by atoms with Gasteiger partial charge in [0.2, 0.25) is 5.91 Å². The van der Waals surface area contributed by atoms with Crippen LogP contribution in [0, 0.1) is 0 Å². The maximum Gasteiger partial charge on any atom is 0.253 e. The van der Waals surface area contributed by atoms with Gasteiger partial charge in [-0.25, -0.2) is 0 Å². The lowest BCUT2D eigenvalue weighted by molar-refractivity contribution is -0.143. The van der Waals surface area contributed by atoms with Crippen molar-refractivity contribution < 1.29 is 14.3 Å². The molecule has 2 aliphatic heterocycles. The van der Waals surface area contributed by atoms with Crippen molar-refractivity contribution in [1.29, 1.82) is 0 Å². The molecule has 2 heterocycles. The number of morpholine rings is 1. The van der Waals surface area contributed by atoms with Gasteiger partial charge in [-0.1, -0.05) is 65.7 Å². The number of rotatable bonds is 6. The number of carbonyl (C=O) groups excluding carboxylic acids is 2. The Bertz CT molecular complexity index is 1310. The van der Waals surface area contributed by atoms with Crippen LogP contribution < -0.4 is 4.90 Å². The van der Waals surface area contributed by atoms with Gasteiger partial charge in [-0.3, -0.25) is 14.5 Å². The smallest absolute Gasteiger partial charge is 0.253 e. The molecule has 6 nitrogen and oxygen atoms in total. The first-order valence-electron chi connectivity index (χ1n) is 12.7. The van der Waals surface area contributed by atoms with Gasteiger partial charge in [0, 0.05) is 51.0 Å². The van der Waals surface area contributed by atoms with Crippen LogP contribution in [0.15, 0.2) is 60.7 Å². The highest BCUT2D eigenvalue weighted by Gasteiger charge is 2.47. The molecule has 9 heteroatoms. The molecule has 202 valence electrons. The third-order valence-corrected chi connectivity index (χ3v) is 8.22. The molecule has 2 saturated heterocycles. The first-order chi connectivity index (χ1) is 17.9. The van der Waals surface area contributed by atoms with E-state index in [-0.39, 0.29) is 30.6 Å². The van der Waals surface area contributed by atoms with Gasteiger partial charge in [-0.15, -0.1) is 12.4 Å². The molecule has 0 saturated carbocycles. The van der Waals surface area contributed by atoms with Crippen LogP contribution >= 0.6 is 35.6 Å². The van der Waals surface area contributed by atoms with E-state index in [0.717, 1.165) is 35.1 Å². The zero-order valence-corrected chi connectivity index (χ0v) is 23.7. The number of hydrogen-bond acceptors (Lipinski definition) is 4. The summed E-state index contributed by atoms with van der Waals surface area (Å²) in [7, 11) is 0. The molecule has 3 aromatic carbocycles. The zero-order valence-electron chi connectivity index (χ0n) is 21.4. The van der Waals surface area contributed by atoms with E-state index in [1.807, 2.05) is 55.5 Å². The molecule has 2 aliphatic rings. The number of fused-ring (bicyclic) bond motifs is 1. The highest BCUT2D eigenvalue weighted by Crippen LogP contribution is 2.35. The molecule has 0 spiro atoms. The minimum Gasteiger partial charge on any atom is -0.379 e. The van der Waals surface area contributed by atoms with Gasteiger partial charge in [0.15, 0.2) is 0 Å². The molecule has 1 atom stereocenters. The Morgan fingerprint density at radius 2 is 1.63 bits per heavy atom. The fourth-order valence-electron chi connectivity index (χ4n) is 5.45. The molecule has 0 aliphatic carbocycles. The lowest BCUT2D eigenvalue weighted by Crippen LogP contribution is -2.60. The van der Waals surface area contributed by atoms with Gasteiger partial charge in [-0.05, 0) is 36.1 Å². The van der Waals surface area contributed by atoms with Crippen LogP contribution in [0.25, 0.3) is 10.8 Å². The molecule has 0 bridgehead atoms. The second kappa shape index (κ2) is 12.2. The molecule has 5 rings (SSSR count). The second-order valence-corrected chi connectivity index (χ2v) is 10.7. The van der Waals surface area contributed by atoms with Crippen molar-refractivity contribution in [2.45, 2.75) is 25.3 Å². The van der Waals surface area contributed by atoms with Crippen molar-refractivity contribution in [2.24, 2.45) is 0 Å². The number of carbonyl (C=O) groups is 2. The monoisotopic (exact) mass is 575 g/mol. The molecular weight excluding hydrogens is 545 g/mol. The normalized spacial score (nSPS) is 20.9. The number of benzene rings is 3. The van der Waals surface area contributed by atoms with Crippen molar-refractivity contribution in [3.63, 3.8) is 0 Å². The summed E-state index contributed by atoms with van der Waals surface area (Å²) in [5, 5.41) is 2.93. The van der Waals surface area contributed by atoms with Crippen LogP contribution in [-0.4, -0.2) is 73.1 Å². The van der Waals surface area contributed by atoms with E-state index < -0.39 is 5.54 Å². The van der Waals surface area contributed by atoms with E-state index in [2.05, 4.69) is 4.90 Å². The third kappa shape index (κ3) is 5.80. The Morgan fingerprint density at radius 1 is 0.895 bits per heavy atom. The largest absolute Gasteiger partial charge is 0.379 e. The predicted molar refractivity (Wildman–Crippen MR) is 156 cm³/mol. The minimum atomic E-state index is -1.10. The summed E-state index contributed by atoms with van der Waals surface area (Å²) in [6.07, 6.45) is 0.591. The summed E-state index contributed by atoms with van der Waals surface area (Å²) in [5.41, 5.74) is 0.578. The molecular formula is C29H32Cl3N3O3. The Kier molecular flexibility index (Phi) is 9.22. The fourth-order valence-corrected chi connectivity index (χ4v) is 5.78. The Balaban J connectivity index is 0.00000336. The zero-order chi connectivity index (χ0) is 26.0. The van der Waals surface area contributed by atoms with Crippen molar-refractivity contribution in [3.05, 3.63) is 76.3 Å². The first kappa shape index (κ1) is 28.7. The number of halogens is 3. The molecule has 2 amide bonds. The molecule has 1 unspecified atom stereocenters. The SMILES string of the molecule is CC1(Cc2ccc(Cl)c(Cl)c2)C(=O)N(c2cccc3ccccc23)CCC(=O)N1CCN1CCOCC1.Cl. The molecule has 0 N–H and O–H groups in total. The van der Waals surface area contributed by atoms with Gasteiger partial charge in [0.05, 0.1) is 28.9 Å². The molecule has 38 heavy (non-hydrogen) atoms. The van der Waals surface area contributed by atoms with Crippen molar-refractivity contribution >= 4 is 63.9 Å². The van der Waals surface area contributed by atoms with E-state index in [1.54, 1.807) is 21.9 Å². The highest BCUT2D eigenvalue weighted by molar-refractivity contribution is 6.42. The summed E-state index contributed by atoms with van der Waals surface area (Å²) in [5.74, 6) is -0.116. The van der Waals surface area contributed by atoms with E-state index in [4.69, 9.17) is 27.9 Å². The Labute approximate surface area is 239 Å². The predicted octanol–water partition coefficient (Wildman–Crippen LogP) is 5.47. The second-order valence-electron chi connectivity index (χ2n) is 9.90. The van der Waals surface area contributed by atoms with E-state index in [0.29, 0.717) is 49.3 Å². The van der Waals surface area contributed by atoms with Crippen molar-refractivity contribution in [2.75, 3.05) is 50.8 Å². The number of ether oxygens (including phenoxy) is 1. The highest BCUT2D eigenvalue weighted by atomic mass is 35.5. The molecule has 0 aromatic heterocycles. The number of nitrogens with zero attached hydrogens (tertiary/aromatic N) is 3. The number of anilines is 1. The summed E-state index contributed by atoms with van der Waals surface area (Å²) < 4.78 is 5.48. The van der Waals surface area contributed by atoms with Crippen LogP contribution in [0.5, 0.6) is 0 Å². The van der Waals surface area contributed by atoms with Crippen LogP contribution in [0.3, 0.4) is 0 Å². The van der Waals surface area contributed by atoms with Gasteiger partial charge in [0.25, 0.3) is 5.91 Å². The topological polar surface area (TPSA) is 53.1 Å².